The fraction of sp³-hybridized carbons (Fsp3) is 0.250. The number of hydrogen-bond acceptors (Lipinski definition) is 5. The summed E-state index contributed by atoms with van der Waals surface area (Å²) in [5, 5.41) is 2.86. The van der Waals surface area contributed by atoms with Crippen LogP contribution in [0, 0.1) is 11.6 Å². The number of amides is 3. The summed E-state index contributed by atoms with van der Waals surface area (Å²) in [5.74, 6) is -3.02. The lowest BCUT2D eigenvalue weighted by molar-refractivity contribution is -0.133. The lowest BCUT2D eigenvalue weighted by Crippen LogP contribution is -2.43. The molecule has 136 valence electrons. The Morgan fingerprint density at radius 3 is 2.65 bits per heavy atom. The van der Waals surface area contributed by atoms with E-state index in [1.807, 2.05) is 0 Å². The van der Waals surface area contributed by atoms with Gasteiger partial charge in [0.15, 0.2) is 0 Å². The van der Waals surface area contributed by atoms with Gasteiger partial charge in [0.25, 0.3) is 5.91 Å². The van der Waals surface area contributed by atoms with Gasteiger partial charge in [-0.05, 0) is 18.6 Å². The van der Waals surface area contributed by atoms with Crippen molar-refractivity contribution in [1.29, 1.82) is 0 Å². The second-order valence-electron chi connectivity index (χ2n) is 5.73. The minimum atomic E-state index is -0.751. The number of nitrogens with two attached hydrogens (primary N) is 1. The van der Waals surface area contributed by atoms with E-state index in [1.54, 1.807) is 0 Å². The van der Waals surface area contributed by atoms with E-state index < -0.39 is 29.5 Å². The summed E-state index contributed by atoms with van der Waals surface area (Å²) in [7, 11) is 0. The van der Waals surface area contributed by atoms with E-state index in [9.17, 15) is 23.2 Å². The van der Waals surface area contributed by atoms with Crippen LogP contribution in [0.4, 0.5) is 8.78 Å². The number of thiazole rings is 1. The molecule has 1 aromatic heterocycles. The Bertz CT molecular complexity index is 866. The Kier molecular flexibility index (Phi) is 4.94. The molecule has 1 aliphatic heterocycles. The zero-order valence-electron chi connectivity index (χ0n) is 13.4. The van der Waals surface area contributed by atoms with E-state index in [4.69, 9.17) is 5.73 Å². The van der Waals surface area contributed by atoms with Gasteiger partial charge in [-0.15, -0.1) is 11.3 Å². The predicted molar refractivity (Wildman–Crippen MR) is 89.1 cm³/mol. The molecule has 2 heterocycles. The maximum atomic E-state index is 13.3. The molecule has 26 heavy (non-hydrogen) atoms. The molecule has 10 heteroatoms. The SMILES string of the molecule is NC(=O)CN1CCC(NC(=O)c2cnc(-c3cc(F)cc(F)c3)s2)C1=O. The molecule has 1 atom stereocenters. The molecule has 1 aromatic carbocycles. The number of carbonyl (C=O) groups excluding carboxylic acids is 3. The van der Waals surface area contributed by atoms with Crippen LogP contribution in [0.15, 0.2) is 24.4 Å². The summed E-state index contributed by atoms with van der Waals surface area (Å²) in [4.78, 5) is 40.8. The molecule has 1 unspecified atom stereocenters. The summed E-state index contributed by atoms with van der Waals surface area (Å²) in [6, 6.07) is 2.23. The summed E-state index contributed by atoms with van der Waals surface area (Å²) in [6.07, 6.45) is 1.64. The molecule has 0 spiro atoms. The largest absolute Gasteiger partial charge is 0.368 e. The quantitative estimate of drug-likeness (QED) is 0.804. The van der Waals surface area contributed by atoms with E-state index in [0.717, 1.165) is 29.5 Å². The molecule has 1 fully saturated rings. The van der Waals surface area contributed by atoms with Gasteiger partial charge in [0.2, 0.25) is 11.8 Å². The van der Waals surface area contributed by atoms with Crippen molar-refractivity contribution < 1.29 is 23.2 Å². The second-order valence-corrected chi connectivity index (χ2v) is 6.76. The Labute approximate surface area is 150 Å². The predicted octanol–water partition coefficient (Wildman–Crippen LogP) is 0.904. The molecule has 0 saturated carbocycles. The summed E-state index contributed by atoms with van der Waals surface area (Å²) in [5.41, 5.74) is 5.29. The number of rotatable bonds is 5. The van der Waals surface area contributed by atoms with Crippen molar-refractivity contribution in [2.24, 2.45) is 5.73 Å². The minimum absolute atomic E-state index is 0.193. The average Bonchev–Trinajstić information content (AvgIpc) is 3.16. The van der Waals surface area contributed by atoms with Crippen molar-refractivity contribution in [3.8, 4) is 10.6 Å². The molecular formula is C16H14F2N4O3S. The average molecular weight is 380 g/mol. The van der Waals surface area contributed by atoms with Crippen LogP contribution in [0.2, 0.25) is 0 Å². The fourth-order valence-corrected chi connectivity index (χ4v) is 3.44. The van der Waals surface area contributed by atoms with Crippen LogP contribution in [-0.4, -0.2) is 46.7 Å². The molecule has 3 amide bonds. The van der Waals surface area contributed by atoms with Crippen molar-refractivity contribution in [3.05, 3.63) is 40.9 Å². The first-order chi connectivity index (χ1) is 12.3. The molecule has 3 rings (SSSR count). The van der Waals surface area contributed by atoms with E-state index in [-0.39, 0.29) is 27.9 Å². The Hall–Kier alpha value is -2.88. The van der Waals surface area contributed by atoms with Crippen LogP contribution in [0.3, 0.4) is 0 Å². The number of aromatic nitrogens is 1. The van der Waals surface area contributed by atoms with Gasteiger partial charge in [0.05, 0.1) is 12.7 Å². The standard InChI is InChI=1S/C16H14F2N4O3S/c17-9-3-8(4-10(18)5-9)15-20-6-12(26-15)14(24)21-11-1-2-22(16(11)25)7-13(19)23/h3-6,11H,1-2,7H2,(H2,19,23)(H,21,24). The van der Waals surface area contributed by atoms with E-state index >= 15 is 0 Å². The Morgan fingerprint density at radius 1 is 1.31 bits per heavy atom. The molecule has 0 bridgehead atoms. The van der Waals surface area contributed by atoms with Gasteiger partial charge in [-0.3, -0.25) is 14.4 Å². The van der Waals surface area contributed by atoms with Crippen LogP contribution in [0.25, 0.3) is 10.6 Å². The number of primary amides is 1. The van der Waals surface area contributed by atoms with Gasteiger partial charge in [0.1, 0.15) is 27.6 Å². The van der Waals surface area contributed by atoms with Gasteiger partial charge in [-0.2, -0.15) is 0 Å². The highest BCUT2D eigenvalue weighted by Gasteiger charge is 2.33. The van der Waals surface area contributed by atoms with Gasteiger partial charge in [0, 0.05) is 18.2 Å². The third kappa shape index (κ3) is 3.85. The third-order valence-corrected chi connectivity index (χ3v) is 4.83. The van der Waals surface area contributed by atoms with Crippen molar-refractivity contribution in [2.45, 2.75) is 12.5 Å². The Balaban J connectivity index is 1.69. The highest BCUT2D eigenvalue weighted by Crippen LogP contribution is 2.26. The maximum Gasteiger partial charge on any atom is 0.263 e. The van der Waals surface area contributed by atoms with Crippen LogP contribution < -0.4 is 11.1 Å². The highest BCUT2D eigenvalue weighted by molar-refractivity contribution is 7.16. The first-order valence-corrected chi connectivity index (χ1v) is 8.45. The number of nitrogens with one attached hydrogen (secondary N) is 1. The Morgan fingerprint density at radius 2 is 2.00 bits per heavy atom. The van der Waals surface area contributed by atoms with Crippen molar-refractivity contribution in [1.82, 2.24) is 15.2 Å². The number of nitrogens with zero attached hydrogens (tertiary/aromatic N) is 2. The number of likely N-dealkylation sites (tertiary alicyclic amines) is 1. The number of hydrogen-bond donors (Lipinski definition) is 2. The second kappa shape index (κ2) is 7.16. The fourth-order valence-electron chi connectivity index (χ4n) is 2.64. The van der Waals surface area contributed by atoms with Gasteiger partial charge < -0.3 is 16.0 Å². The zero-order valence-corrected chi connectivity index (χ0v) is 14.2. The van der Waals surface area contributed by atoms with E-state index in [0.29, 0.717) is 13.0 Å². The first-order valence-electron chi connectivity index (χ1n) is 7.64. The van der Waals surface area contributed by atoms with E-state index in [1.165, 1.54) is 11.1 Å². The van der Waals surface area contributed by atoms with E-state index in [2.05, 4.69) is 10.3 Å². The molecule has 0 radical (unpaired) electrons. The summed E-state index contributed by atoms with van der Waals surface area (Å²) in [6.45, 7) is 0.129. The minimum Gasteiger partial charge on any atom is -0.368 e. The van der Waals surface area contributed by atoms with Crippen LogP contribution in [0.5, 0.6) is 0 Å². The summed E-state index contributed by atoms with van der Waals surface area (Å²) >= 11 is 0.952. The maximum absolute atomic E-state index is 13.3. The van der Waals surface area contributed by atoms with Gasteiger partial charge in [-0.25, -0.2) is 13.8 Å². The number of carbonyl (C=O) groups is 3. The van der Waals surface area contributed by atoms with Gasteiger partial charge >= 0.3 is 0 Å². The number of halogens is 2. The van der Waals surface area contributed by atoms with Crippen molar-refractivity contribution in [2.75, 3.05) is 13.1 Å². The zero-order chi connectivity index (χ0) is 18.8. The molecule has 1 aliphatic rings. The molecule has 2 aromatic rings. The topological polar surface area (TPSA) is 105 Å². The van der Waals surface area contributed by atoms with Crippen LogP contribution >= 0.6 is 11.3 Å². The smallest absolute Gasteiger partial charge is 0.263 e. The lowest BCUT2D eigenvalue weighted by atomic mass is 10.2. The van der Waals surface area contributed by atoms with Gasteiger partial charge in [-0.1, -0.05) is 0 Å². The third-order valence-electron chi connectivity index (χ3n) is 3.79. The first kappa shape index (κ1) is 17.9. The van der Waals surface area contributed by atoms with Crippen LogP contribution in [0.1, 0.15) is 16.1 Å². The van der Waals surface area contributed by atoms with Crippen molar-refractivity contribution >= 4 is 29.1 Å². The normalized spacial score (nSPS) is 16.8. The molecule has 1 saturated heterocycles. The van der Waals surface area contributed by atoms with Crippen molar-refractivity contribution in [3.63, 3.8) is 0 Å². The lowest BCUT2D eigenvalue weighted by Gasteiger charge is -2.14. The van der Waals surface area contributed by atoms with Crippen LogP contribution in [-0.2, 0) is 9.59 Å². The summed E-state index contributed by atoms with van der Waals surface area (Å²) < 4.78 is 26.6. The number of benzene rings is 1. The molecule has 7 nitrogen and oxygen atoms in total. The molecular weight excluding hydrogens is 366 g/mol. The molecule has 3 N–H and O–H groups in total. The molecule has 0 aliphatic carbocycles. The monoisotopic (exact) mass is 380 g/mol. The highest BCUT2D eigenvalue weighted by atomic mass is 32.1.